The molecule has 0 spiro atoms. The molecule has 1 aromatic heterocycles. The molecule has 2 aromatic rings. The average Bonchev–Trinajstić information content (AvgIpc) is 3.03. The van der Waals surface area contributed by atoms with Crippen molar-refractivity contribution in [2.75, 3.05) is 13.1 Å². The van der Waals surface area contributed by atoms with E-state index in [0.29, 0.717) is 11.1 Å². The van der Waals surface area contributed by atoms with E-state index in [2.05, 4.69) is 10.2 Å². The first kappa shape index (κ1) is 16.1. The van der Waals surface area contributed by atoms with Gasteiger partial charge in [0.15, 0.2) is 0 Å². The molecule has 1 saturated heterocycles. The fraction of sp³-hybridized carbons (Fsp3) is 0.471. The number of amides is 1. The number of rotatable bonds is 4. The summed E-state index contributed by atoms with van der Waals surface area (Å²) in [7, 11) is 0. The van der Waals surface area contributed by atoms with E-state index in [1.807, 2.05) is 43.0 Å². The van der Waals surface area contributed by atoms with Crippen molar-refractivity contribution in [2.45, 2.75) is 43.6 Å². The van der Waals surface area contributed by atoms with Crippen molar-refractivity contribution in [2.24, 2.45) is 0 Å². The molecular weight excluding hydrogens is 310 g/mol. The number of nitrogens with zero attached hydrogens (tertiary/aromatic N) is 3. The first-order valence-corrected chi connectivity index (χ1v) is 8.87. The van der Waals surface area contributed by atoms with Gasteiger partial charge in [0.1, 0.15) is 0 Å². The Morgan fingerprint density at radius 2 is 2.04 bits per heavy atom. The Morgan fingerprint density at radius 3 is 2.78 bits per heavy atom. The Labute approximate surface area is 140 Å². The summed E-state index contributed by atoms with van der Waals surface area (Å²) in [5.41, 5.74) is 2.04. The fourth-order valence-corrected chi connectivity index (χ4v) is 3.49. The van der Waals surface area contributed by atoms with Gasteiger partial charge in [-0.15, -0.1) is 10.2 Å². The van der Waals surface area contributed by atoms with Crippen LogP contribution < -0.4 is 0 Å². The predicted octanol–water partition coefficient (Wildman–Crippen LogP) is 3.54. The molecule has 0 saturated carbocycles. The number of carbonyl (C=O) groups excluding carboxylic acids is 1. The lowest BCUT2D eigenvalue weighted by atomic mass is 10.1. The molecule has 23 heavy (non-hydrogen) atoms. The molecule has 0 bridgehead atoms. The first-order valence-electron chi connectivity index (χ1n) is 7.99. The van der Waals surface area contributed by atoms with Crippen LogP contribution in [0.25, 0.3) is 11.5 Å². The van der Waals surface area contributed by atoms with Gasteiger partial charge in [-0.05, 0) is 45.2 Å². The Morgan fingerprint density at radius 1 is 1.26 bits per heavy atom. The Bertz CT molecular complexity index is 680. The molecule has 2 heterocycles. The summed E-state index contributed by atoms with van der Waals surface area (Å²) < 4.78 is 5.70. The lowest BCUT2D eigenvalue weighted by molar-refractivity contribution is -0.131. The maximum absolute atomic E-state index is 12.4. The molecule has 5 nitrogen and oxygen atoms in total. The van der Waals surface area contributed by atoms with E-state index in [9.17, 15) is 4.79 Å². The van der Waals surface area contributed by atoms with Gasteiger partial charge in [0.05, 0.1) is 5.25 Å². The lowest BCUT2D eigenvalue weighted by Crippen LogP contribution is -2.40. The Kier molecular flexibility index (Phi) is 5.00. The van der Waals surface area contributed by atoms with Crippen LogP contribution >= 0.6 is 11.8 Å². The molecule has 0 radical (unpaired) electrons. The van der Waals surface area contributed by atoms with Crippen LogP contribution in [0.4, 0.5) is 0 Å². The van der Waals surface area contributed by atoms with E-state index in [4.69, 9.17) is 4.42 Å². The third kappa shape index (κ3) is 3.93. The highest BCUT2D eigenvalue weighted by Crippen LogP contribution is 2.27. The van der Waals surface area contributed by atoms with Gasteiger partial charge in [-0.3, -0.25) is 4.79 Å². The van der Waals surface area contributed by atoms with Crippen LogP contribution in [-0.2, 0) is 4.79 Å². The summed E-state index contributed by atoms with van der Waals surface area (Å²) in [6.45, 7) is 5.65. The predicted molar refractivity (Wildman–Crippen MR) is 90.2 cm³/mol. The van der Waals surface area contributed by atoms with Crippen molar-refractivity contribution in [3.8, 4) is 11.5 Å². The largest absolute Gasteiger partial charge is 0.411 e. The van der Waals surface area contributed by atoms with E-state index in [-0.39, 0.29) is 11.2 Å². The molecule has 6 heteroatoms. The minimum absolute atomic E-state index is 0.157. The van der Waals surface area contributed by atoms with Crippen LogP contribution in [-0.4, -0.2) is 39.3 Å². The van der Waals surface area contributed by atoms with Gasteiger partial charge in [0.25, 0.3) is 5.22 Å². The molecule has 0 N–H and O–H groups in total. The normalized spacial score (nSPS) is 16.3. The highest BCUT2D eigenvalue weighted by molar-refractivity contribution is 8.00. The van der Waals surface area contributed by atoms with E-state index >= 15 is 0 Å². The number of piperidine rings is 1. The summed E-state index contributed by atoms with van der Waals surface area (Å²) in [5, 5.41) is 8.39. The summed E-state index contributed by atoms with van der Waals surface area (Å²) in [6, 6.07) is 7.93. The lowest BCUT2D eigenvalue weighted by Gasteiger charge is -2.28. The van der Waals surface area contributed by atoms with Gasteiger partial charge in [0.2, 0.25) is 11.8 Å². The number of likely N-dealkylation sites (tertiary alicyclic amines) is 1. The Balaban J connectivity index is 1.65. The maximum Gasteiger partial charge on any atom is 0.277 e. The molecular formula is C17H21N3O2S. The second-order valence-corrected chi connectivity index (χ2v) is 7.18. The van der Waals surface area contributed by atoms with Crippen LogP contribution in [0.5, 0.6) is 0 Å². The molecule has 1 atom stereocenters. The quantitative estimate of drug-likeness (QED) is 0.802. The SMILES string of the molecule is Cc1cccc(-c2nnc(S[C@H](C)C(=O)N3CCCCC3)o2)c1. The number of hydrogen-bond acceptors (Lipinski definition) is 5. The van der Waals surface area contributed by atoms with Crippen molar-refractivity contribution >= 4 is 17.7 Å². The number of aromatic nitrogens is 2. The third-order valence-corrected chi connectivity index (χ3v) is 4.89. The second-order valence-electron chi connectivity index (χ2n) is 5.89. The average molecular weight is 331 g/mol. The number of hydrogen-bond donors (Lipinski definition) is 0. The number of benzene rings is 1. The molecule has 1 amide bonds. The standard InChI is InChI=1S/C17H21N3O2S/c1-12-7-6-8-14(11-12)15-18-19-17(22-15)23-13(2)16(21)20-9-4-3-5-10-20/h6-8,11,13H,3-5,9-10H2,1-2H3/t13-/m1/s1. The minimum atomic E-state index is -0.209. The van der Waals surface area contributed by atoms with E-state index in [1.54, 1.807) is 0 Å². The summed E-state index contributed by atoms with van der Waals surface area (Å²) in [6.07, 6.45) is 3.41. The zero-order valence-electron chi connectivity index (χ0n) is 13.5. The molecule has 1 aromatic carbocycles. The smallest absolute Gasteiger partial charge is 0.277 e. The maximum atomic E-state index is 12.4. The molecule has 3 rings (SSSR count). The van der Waals surface area contributed by atoms with Gasteiger partial charge in [-0.2, -0.15) is 0 Å². The molecule has 1 aliphatic heterocycles. The first-order chi connectivity index (χ1) is 11.1. The Hall–Kier alpha value is -1.82. The molecule has 0 unspecified atom stereocenters. The molecule has 0 aliphatic carbocycles. The van der Waals surface area contributed by atoms with Crippen LogP contribution in [0.15, 0.2) is 33.9 Å². The number of thioether (sulfide) groups is 1. The van der Waals surface area contributed by atoms with Crippen LogP contribution in [0.3, 0.4) is 0 Å². The van der Waals surface area contributed by atoms with Crippen molar-refractivity contribution in [3.63, 3.8) is 0 Å². The van der Waals surface area contributed by atoms with E-state index < -0.39 is 0 Å². The minimum Gasteiger partial charge on any atom is -0.411 e. The van der Waals surface area contributed by atoms with Crippen molar-refractivity contribution in [1.82, 2.24) is 15.1 Å². The van der Waals surface area contributed by atoms with Crippen molar-refractivity contribution in [1.29, 1.82) is 0 Å². The van der Waals surface area contributed by atoms with E-state index in [1.165, 1.54) is 18.2 Å². The fourth-order valence-electron chi connectivity index (χ4n) is 2.73. The topological polar surface area (TPSA) is 59.2 Å². The van der Waals surface area contributed by atoms with Gasteiger partial charge in [0, 0.05) is 18.7 Å². The highest BCUT2D eigenvalue weighted by atomic mass is 32.2. The van der Waals surface area contributed by atoms with E-state index in [0.717, 1.165) is 37.1 Å². The van der Waals surface area contributed by atoms with Crippen molar-refractivity contribution < 1.29 is 9.21 Å². The molecule has 122 valence electrons. The van der Waals surface area contributed by atoms with Crippen LogP contribution in [0.2, 0.25) is 0 Å². The summed E-state index contributed by atoms with van der Waals surface area (Å²) in [5.74, 6) is 0.652. The van der Waals surface area contributed by atoms with Gasteiger partial charge < -0.3 is 9.32 Å². The zero-order chi connectivity index (χ0) is 16.2. The molecule has 1 aliphatic rings. The number of aryl methyl sites for hydroxylation is 1. The monoisotopic (exact) mass is 331 g/mol. The zero-order valence-corrected chi connectivity index (χ0v) is 14.3. The second kappa shape index (κ2) is 7.17. The number of carbonyl (C=O) groups is 1. The summed E-state index contributed by atoms with van der Waals surface area (Å²) in [4.78, 5) is 14.4. The van der Waals surface area contributed by atoms with Crippen molar-refractivity contribution in [3.05, 3.63) is 29.8 Å². The van der Waals surface area contributed by atoms with Gasteiger partial charge in [-0.25, -0.2) is 0 Å². The summed E-state index contributed by atoms with van der Waals surface area (Å²) >= 11 is 1.33. The molecule has 1 fully saturated rings. The third-order valence-electron chi connectivity index (χ3n) is 3.96. The van der Waals surface area contributed by atoms with Gasteiger partial charge in [-0.1, -0.05) is 29.5 Å². The van der Waals surface area contributed by atoms with Gasteiger partial charge >= 0.3 is 0 Å². The van der Waals surface area contributed by atoms with Crippen LogP contribution in [0, 0.1) is 6.92 Å². The highest BCUT2D eigenvalue weighted by Gasteiger charge is 2.24. The van der Waals surface area contributed by atoms with Crippen LogP contribution in [0.1, 0.15) is 31.7 Å².